The van der Waals surface area contributed by atoms with Crippen molar-refractivity contribution in [1.82, 2.24) is 14.2 Å². The molecule has 11 heteroatoms. The maximum atomic E-state index is 12.8. The van der Waals surface area contributed by atoms with Crippen molar-refractivity contribution in [3.8, 4) is 17.0 Å². The van der Waals surface area contributed by atoms with Gasteiger partial charge >= 0.3 is 0 Å². The average Bonchev–Trinajstić information content (AvgIpc) is 3.55. The van der Waals surface area contributed by atoms with Gasteiger partial charge in [0.05, 0.1) is 28.4 Å². The van der Waals surface area contributed by atoms with E-state index in [0.29, 0.717) is 48.3 Å². The number of nitrogens with zero attached hydrogens (tertiary/aromatic N) is 4. The lowest BCUT2D eigenvalue weighted by Gasteiger charge is -2.22. The van der Waals surface area contributed by atoms with Crippen LogP contribution in [-0.2, 0) is 14.8 Å². The van der Waals surface area contributed by atoms with Crippen molar-refractivity contribution in [3.05, 3.63) is 52.3 Å². The number of carbonyl (C=O) groups is 1. The van der Waals surface area contributed by atoms with Crippen LogP contribution in [0.5, 0.6) is 5.88 Å². The molecule has 184 valence electrons. The summed E-state index contributed by atoms with van der Waals surface area (Å²) < 4.78 is 33.2. The van der Waals surface area contributed by atoms with Gasteiger partial charge in [0.2, 0.25) is 15.9 Å². The van der Waals surface area contributed by atoms with Crippen molar-refractivity contribution in [1.29, 1.82) is 0 Å². The molecule has 4 heterocycles. The Bertz CT molecular complexity index is 1310. The molecule has 1 aromatic carbocycles. The SMILES string of the molecule is O=C1CN=CC(N2CC[C@@H](Oc3cc(-c4ccc(S(=O)(=O)N5CCCC5)cc4)c(Cl)cn3)C2)=C1Cl. The number of dihydropyridines is 1. The van der Waals surface area contributed by atoms with E-state index >= 15 is 0 Å². The fraction of sp³-hybridized carbons (Fsp3) is 0.375. The maximum Gasteiger partial charge on any atom is 0.243 e. The number of hydrogen-bond acceptors (Lipinski definition) is 7. The number of allylic oxidation sites excluding steroid dienone is 1. The third kappa shape index (κ3) is 4.95. The van der Waals surface area contributed by atoms with Crippen LogP contribution in [0, 0.1) is 0 Å². The first-order chi connectivity index (χ1) is 16.8. The van der Waals surface area contributed by atoms with Gasteiger partial charge in [-0.15, -0.1) is 0 Å². The molecule has 0 aliphatic carbocycles. The zero-order chi connectivity index (χ0) is 24.6. The van der Waals surface area contributed by atoms with Gasteiger partial charge in [-0.3, -0.25) is 9.79 Å². The maximum absolute atomic E-state index is 12.8. The first-order valence-corrected chi connectivity index (χ1v) is 13.6. The van der Waals surface area contributed by atoms with Gasteiger partial charge in [-0.25, -0.2) is 13.4 Å². The highest BCUT2D eigenvalue weighted by Crippen LogP contribution is 2.32. The summed E-state index contributed by atoms with van der Waals surface area (Å²) in [6, 6.07) is 8.48. The summed E-state index contributed by atoms with van der Waals surface area (Å²) >= 11 is 12.6. The summed E-state index contributed by atoms with van der Waals surface area (Å²) in [5.74, 6) is 0.232. The number of rotatable bonds is 6. The third-order valence-corrected chi connectivity index (χ3v) is 9.01. The van der Waals surface area contributed by atoms with Gasteiger partial charge in [0.25, 0.3) is 0 Å². The van der Waals surface area contributed by atoms with Crippen LogP contribution in [0.1, 0.15) is 19.3 Å². The van der Waals surface area contributed by atoms with Crippen LogP contribution in [0.4, 0.5) is 0 Å². The summed E-state index contributed by atoms with van der Waals surface area (Å²) in [5.41, 5.74) is 2.10. The van der Waals surface area contributed by atoms with Crippen LogP contribution < -0.4 is 4.74 Å². The highest BCUT2D eigenvalue weighted by molar-refractivity contribution is 7.89. The molecule has 5 rings (SSSR count). The van der Waals surface area contributed by atoms with E-state index in [0.717, 1.165) is 24.8 Å². The molecule has 0 amide bonds. The van der Waals surface area contributed by atoms with Crippen LogP contribution in [0.3, 0.4) is 0 Å². The Morgan fingerprint density at radius 3 is 2.54 bits per heavy atom. The number of ether oxygens (including phenoxy) is 1. The Hall–Kier alpha value is -2.46. The zero-order valence-electron chi connectivity index (χ0n) is 18.9. The van der Waals surface area contributed by atoms with E-state index in [1.165, 1.54) is 10.5 Å². The smallest absolute Gasteiger partial charge is 0.243 e. The lowest BCUT2D eigenvalue weighted by atomic mass is 10.1. The van der Waals surface area contributed by atoms with E-state index in [2.05, 4.69) is 9.98 Å². The van der Waals surface area contributed by atoms with Gasteiger partial charge in [0, 0.05) is 43.9 Å². The molecule has 0 bridgehead atoms. The summed E-state index contributed by atoms with van der Waals surface area (Å²) in [4.78, 5) is 22.5. The number of sulfonamides is 1. The number of aliphatic imine (C=N–C) groups is 1. The van der Waals surface area contributed by atoms with Crippen LogP contribution in [0.15, 0.2) is 57.1 Å². The standard InChI is InChI=1S/C24H24Cl2N4O4S/c25-20-12-28-23(34-17-7-10-29(15-17)21-13-27-14-22(31)24(21)26)11-19(20)16-3-5-18(6-4-16)35(32,33)30-8-1-2-9-30/h3-6,11-13,17H,1-2,7-10,14-15H2/t17-/m1/s1. The molecule has 35 heavy (non-hydrogen) atoms. The Kier molecular flexibility index (Phi) is 6.85. The highest BCUT2D eigenvalue weighted by Gasteiger charge is 2.30. The lowest BCUT2D eigenvalue weighted by molar-refractivity contribution is -0.113. The van der Waals surface area contributed by atoms with Gasteiger partial charge in [0.15, 0.2) is 5.78 Å². The Balaban J connectivity index is 1.30. The Morgan fingerprint density at radius 2 is 1.80 bits per heavy atom. The quantitative estimate of drug-likeness (QED) is 0.560. The molecule has 2 fully saturated rings. The van der Waals surface area contributed by atoms with Crippen LogP contribution in [-0.4, -0.2) is 73.4 Å². The second-order valence-corrected chi connectivity index (χ2v) is 11.4. The molecular weight excluding hydrogens is 511 g/mol. The van der Waals surface area contributed by atoms with Crippen molar-refractivity contribution in [3.63, 3.8) is 0 Å². The van der Waals surface area contributed by atoms with Crippen molar-refractivity contribution in [2.45, 2.75) is 30.3 Å². The lowest BCUT2D eigenvalue weighted by Crippen LogP contribution is -2.28. The van der Waals surface area contributed by atoms with E-state index in [-0.39, 0.29) is 28.4 Å². The van der Waals surface area contributed by atoms with Crippen molar-refractivity contribution in [2.75, 3.05) is 32.7 Å². The van der Waals surface area contributed by atoms with E-state index in [1.54, 1.807) is 36.5 Å². The number of Topliss-reactive ketones (excluding diaryl/α,β-unsaturated/α-hetero) is 1. The number of ketones is 1. The van der Waals surface area contributed by atoms with E-state index < -0.39 is 10.0 Å². The monoisotopic (exact) mass is 534 g/mol. The molecular formula is C24H24Cl2N4O4S. The number of pyridine rings is 1. The Labute approximate surface area is 214 Å². The third-order valence-electron chi connectivity index (χ3n) is 6.39. The number of likely N-dealkylation sites (tertiary alicyclic amines) is 1. The van der Waals surface area contributed by atoms with Gasteiger partial charge in [-0.2, -0.15) is 4.31 Å². The van der Waals surface area contributed by atoms with Gasteiger partial charge in [0.1, 0.15) is 17.7 Å². The minimum Gasteiger partial charge on any atom is -0.472 e. The van der Waals surface area contributed by atoms with Crippen molar-refractivity contribution >= 4 is 45.2 Å². The van der Waals surface area contributed by atoms with E-state index in [1.807, 2.05) is 4.90 Å². The topological polar surface area (TPSA) is 92.2 Å². The molecule has 3 aliphatic heterocycles. The fourth-order valence-corrected chi connectivity index (χ4v) is 6.47. The summed E-state index contributed by atoms with van der Waals surface area (Å²) in [5, 5.41) is 0.650. The molecule has 0 spiro atoms. The summed E-state index contributed by atoms with van der Waals surface area (Å²) in [7, 11) is -3.48. The molecule has 2 saturated heterocycles. The molecule has 2 aromatic rings. The number of hydrogen-bond donors (Lipinski definition) is 0. The van der Waals surface area contributed by atoms with Crippen molar-refractivity contribution in [2.24, 2.45) is 4.99 Å². The molecule has 1 aromatic heterocycles. The fourth-order valence-electron chi connectivity index (χ4n) is 4.51. The number of aromatic nitrogens is 1. The normalized spacial score (nSPS) is 21.3. The number of carbonyl (C=O) groups excluding carboxylic acids is 1. The minimum absolute atomic E-state index is 0.0821. The van der Waals surface area contributed by atoms with Gasteiger partial charge in [-0.05, 0) is 30.5 Å². The summed E-state index contributed by atoms with van der Waals surface area (Å²) in [6.45, 7) is 2.44. The van der Waals surface area contributed by atoms with Crippen LogP contribution in [0.25, 0.3) is 11.1 Å². The molecule has 0 N–H and O–H groups in total. The largest absolute Gasteiger partial charge is 0.472 e. The predicted molar refractivity (Wildman–Crippen MR) is 135 cm³/mol. The molecule has 1 atom stereocenters. The highest BCUT2D eigenvalue weighted by atomic mass is 35.5. The van der Waals surface area contributed by atoms with E-state index in [9.17, 15) is 13.2 Å². The van der Waals surface area contributed by atoms with Crippen molar-refractivity contribution < 1.29 is 17.9 Å². The predicted octanol–water partition coefficient (Wildman–Crippen LogP) is 3.74. The van der Waals surface area contributed by atoms with E-state index in [4.69, 9.17) is 27.9 Å². The first kappa shape index (κ1) is 24.2. The molecule has 3 aliphatic rings. The van der Waals surface area contributed by atoms with Crippen LogP contribution >= 0.6 is 23.2 Å². The van der Waals surface area contributed by atoms with Gasteiger partial charge in [-0.1, -0.05) is 35.3 Å². The molecule has 0 unspecified atom stereocenters. The second-order valence-electron chi connectivity index (χ2n) is 8.70. The minimum atomic E-state index is -3.48. The molecule has 0 radical (unpaired) electrons. The number of benzene rings is 1. The average molecular weight is 535 g/mol. The van der Waals surface area contributed by atoms with Crippen LogP contribution in [0.2, 0.25) is 5.02 Å². The molecule has 0 saturated carbocycles. The second kappa shape index (κ2) is 9.89. The molecule has 8 nitrogen and oxygen atoms in total. The Morgan fingerprint density at radius 1 is 1.06 bits per heavy atom. The first-order valence-electron chi connectivity index (χ1n) is 11.4. The number of halogens is 2. The summed E-state index contributed by atoms with van der Waals surface area (Å²) in [6.07, 6.45) is 5.53. The van der Waals surface area contributed by atoms with Gasteiger partial charge < -0.3 is 9.64 Å². The zero-order valence-corrected chi connectivity index (χ0v) is 21.2.